The van der Waals surface area contributed by atoms with E-state index in [0.29, 0.717) is 0 Å². The van der Waals surface area contributed by atoms with Crippen LogP contribution >= 0.6 is 15.9 Å². The van der Waals surface area contributed by atoms with Gasteiger partial charge < -0.3 is 0 Å². The van der Waals surface area contributed by atoms with Crippen LogP contribution in [0.3, 0.4) is 0 Å². The Kier molecular flexibility index (Phi) is 2.71. The highest BCUT2D eigenvalue weighted by molar-refractivity contribution is 9.10. The smallest absolute Gasteiger partial charge is 0.145 e. The quantitative estimate of drug-likeness (QED) is 0.652. The molecule has 2 aromatic heterocycles. The Hall–Kier alpha value is -1.61. The van der Waals surface area contributed by atoms with E-state index in [0.717, 1.165) is 21.5 Å². The van der Waals surface area contributed by atoms with Crippen molar-refractivity contribution in [1.29, 1.82) is 0 Å². The Balaban J connectivity index is 2.30. The predicted molar refractivity (Wildman–Crippen MR) is 77.8 cm³/mol. The summed E-state index contributed by atoms with van der Waals surface area (Å²) in [6.07, 6.45) is 2.07. The van der Waals surface area contributed by atoms with E-state index in [4.69, 9.17) is 0 Å². The van der Waals surface area contributed by atoms with Gasteiger partial charge in [-0.05, 0) is 53.5 Å². The first-order chi connectivity index (χ1) is 8.65. The molecule has 3 aromatic rings. The number of benzene rings is 1. The van der Waals surface area contributed by atoms with Crippen molar-refractivity contribution in [3.63, 3.8) is 0 Å². The van der Waals surface area contributed by atoms with Crippen molar-refractivity contribution in [3.05, 3.63) is 58.3 Å². The van der Waals surface area contributed by atoms with E-state index in [1.807, 2.05) is 0 Å². The van der Waals surface area contributed by atoms with Gasteiger partial charge in [-0.2, -0.15) is 0 Å². The number of fused-ring (bicyclic) bond motifs is 1. The first kappa shape index (κ1) is 11.5. The van der Waals surface area contributed by atoms with E-state index in [-0.39, 0.29) is 0 Å². The van der Waals surface area contributed by atoms with Gasteiger partial charge in [-0.25, -0.2) is 4.98 Å². The number of imidazole rings is 1. The fourth-order valence-corrected chi connectivity index (χ4v) is 2.61. The average molecular weight is 301 g/mol. The van der Waals surface area contributed by atoms with Crippen LogP contribution in [0.1, 0.15) is 11.1 Å². The predicted octanol–water partition coefficient (Wildman–Crippen LogP) is 4.38. The van der Waals surface area contributed by atoms with Gasteiger partial charge in [0, 0.05) is 11.8 Å². The van der Waals surface area contributed by atoms with Gasteiger partial charge in [0.1, 0.15) is 10.4 Å². The third kappa shape index (κ3) is 1.85. The average Bonchev–Trinajstić information content (AvgIpc) is 2.67. The summed E-state index contributed by atoms with van der Waals surface area (Å²) in [5.74, 6) is 0.973. The molecule has 2 heterocycles. The highest BCUT2D eigenvalue weighted by Gasteiger charge is 2.10. The standard InChI is InChI=1S/C15H13BrN2/c1-10-4-3-5-12(8-10)15-17-14(16)13-9-11(2)6-7-18(13)15/h3-9H,1-2H3. The molecule has 90 valence electrons. The maximum absolute atomic E-state index is 4.62. The lowest BCUT2D eigenvalue weighted by Crippen LogP contribution is -1.89. The van der Waals surface area contributed by atoms with Crippen molar-refractivity contribution >= 4 is 21.4 Å². The van der Waals surface area contributed by atoms with Crippen molar-refractivity contribution in [3.8, 4) is 11.4 Å². The lowest BCUT2D eigenvalue weighted by Gasteiger charge is -2.03. The SMILES string of the molecule is Cc1cccc(-c2nc(Br)c3cc(C)ccn23)c1. The van der Waals surface area contributed by atoms with E-state index in [1.165, 1.54) is 11.1 Å². The Labute approximate surface area is 114 Å². The van der Waals surface area contributed by atoms with Crippen LogP contribution in [-0.4, -0.2) is 9.38 Å². The summed E-state index contributed by atoms with van der Waals surface area (Å²) in [5, 5.41) is 0. The Morgan fingerprint density at radius 3 is 2.61 bits per heavy atom. The molecule has 0 bridgehead atoms. The lowest BCUT2D eigenvalue weighted by atomic mass is 10.1. The van der Waals surface area contributed by atoms with Crippen LogP contribution in [0, 0.1) is 13.8 Å². The number of nitrogens with zero attached hydrogens (tertiary/aromatic N) is 2. The molecule has 0 N–H and O–H groups in total. The molecule has 0 aliphatic heterocycles. The minimum atomic E-state index is 0.891. The maximum Gasteiger partial charge on any atom is 0.145 e. The van der Waals surface area contributed by atoms with Gasteiger partial charge in [-0.1, -0.05) is 23.8 Å². The number of halogens is 1. The van der Waals surface area contributed by atoms with Gasteiger partial charge in [0.15, 0.2) is 0 Å². The Morgan fingerprint density at radius 2 is 1.83 bits per heavy atom. The van der Waals surface area contributed by atoms with Crippen LogP contribution in [0.4, 0.5) is 0 Å². The van der Waals surface area contributed by atoms with E-state index in [2.05, 4.69) is 81.8 Å². The molecule has 0 aliphatic carbocycles. The van der Waals surface area contributed by atoms with E-state index in [1.54, 1.807) is 0 Å². The highest BCUT2D eigenvalue weighted by atomic mass is 79.9. The number of hydrogen-bond donors (Lipinski definition) is 0. The van der Waals surface area contributed by atoms with Gasteiger partial charge >= 0.3 is 0 Å². The minimum Gasteiger partial charge on any atom is -0.299 e. The van der Waals surface area contributed by atoms with Gasteiger partial charge in [0.05, 0.1) is 5.52 Å². The molecule has 3 heteroatoms. The van der Waals surface area contributed by atoms with Crippen LogP contribution in [0.2, 0.25) is 0 Å². The number of hydrogen-bond acceptors (Lipinski definition) is 1. The number of rotatable bonds is 1. The summed E-state index contributed by atoms with van der Waals surface area (Å²) in [5.41, 5.74) is 4.72. The highest BCUT2D eigenvalue weighted by Crippen LogP contribution is 2.27. The van der Waals surface area contributed by atoms with Crippen molar-refractivity contribution in [2.75, 3.05) is 0 Å². The molecule has 0 saturated heterocycles. The second kappa shape index (κ2) is 4.25. The fourth-order valence-electron chi connectivity index (χ4n) is 2.14. The zero-order valence-electron chi connectivity index (χ0n) is 10.3. The summed E-state index contributed by atoms with van der Waals surface area (Å²) >= 11 is 3.54. The molecule has 0 spiro atoms. The van der Waals surface area contributed by atoms with E-state index < -0.39 is 0 Å². The maximum atomic E-state index is 4.62. The lowest BCUT2D eigenvalue weighted by molar-refractivity contribution is 1.15. The molecule has 18 heavy (non-hydrogen) atoms. The molecule has 0 saturated carbocycles. The van der Waals surface area contributed by atoms with Crippen molar-refractivity contribution in [1.82, 2.24) is 9.38 Å². The molecule has 0 fully saturated rings. The van der Waals surface area contributed by atoms with Crippen LogP contribution in [-0.2, 0) is 0 Å². The van der Waals surface area contributed by atoms with Gasteiger partial charge in [-0.3, -0.25) is 4.40 Å². The molecule has 0 aliphatic rings. The monoisotopic (exact) mass is 300 g/mol. The second-order valence-corrected chi connectivity index (χ2v) is 5.31. The molecule has 0 unspecified atom stereocenters. The molecule has 1 aromatic carbocycles. The van der Waals surface area contributed by atoms with Crippen LogP contribution in [0.25, 0.3) is 16.9 Å². The first-order valence-corrected chi connectivity index (χ1v) is 6.66. The summed E-state index contributed by atoms with van der Waals surface area (Å²) in [6, 6.07) is 12.6. The number of aromatic nitrogens is 2. The summed E-state index contributed by atoms with van der Waals surface area (Å²) in [4.78, 5) is 4.62. The number of aryl methyl sites for hydroxylation is 2. The third-order valence-electron chi connectivity index (χ3n) is 3.03. The fraction of sp³-hybridized carbons (Fsp3) is 0.133. The van der Waals surface area contributed by atoms with E-state index >= 15 is 0 Å². The third-order valence-corrected chi connectivity index (χ3v) is 3.61. The zero-order valence-corrected chi connectivity index (χ0v) is 11.9. The van der Waals surface area contributed by atoms with Crippen molar-refractivity contribution in [2.45, 2.75) is 13.8 Å². The van der Waals surface area contributed by atoms with E-state index in [9.17, 15) is 0 Å². The molecule has 0 radical (unpaired) electrons. The number of pyridine rings is 1. The molecule has 2 nitrogen and oxygen atoms in total. The van der Waals surface area contributed by atoms with Gasteiger partial charge in [0.25, 0.3) is 0 Å². The Morgan fingerprint density at radius 1 is 1.06 bits per heavy atom. The summed E-state index contributed by atoms with van der Waals surface area (Å²) in [7, 11) is 0. The largest absolute Gasteiger partial charge is 0.299 e. The Bertz CT molecular complexity index is 728. The topological polar surface area (TPSA) is 17.3 Å². The van der Waals surface area contributed by atoms with Crippen LogP contribution in [0.15, 0.2) is 47.2 Å². The van der Waals surface area contributed by atoms with Gasteiger partial charge in [0.2, 0.25) is 0 Å². The van der Waals surface area contributed by atoms with Crippen molar-refractivity contribution in [2.24, 2.45) is 0 Å². The normalized spacial score (nSPS) is 11.1. The molecule has 0 atom stereocenters. The minimum absolute atomic E-state index is 0.891. The van der Waals surface area contributed by atoms with Crippen LogP contribution in [0.5, 0.6) is 0 Å². The molecule has 3 rings (SSSR count). The zero-order chi connectivity index (χ0) is 12.7. The van der Waals surface area contributed by atoms with Crippen LogP contribution < -0.4 is 0 Å². The first-order valence-electron chi connectivity index (χ1n) is 5.86. The molecular weight excluding hydrogens is 288 g/mol. The van der Waals surface area contributed by atoms with Gasteiger partial charge in [-0.15, -0.1) is 0 Å². The second-order valence-electron chi connectivity index (χ2n) is 4.56. The molecule has 0 amide bonds. The summed E-state index contributed by atoms with van der Waals surface area (Å²) < 4.78 is 3.01. The molecular formula is C15H13BrN2. The summed E-state index contributed by atoms with van der Waals surface area (Å²) in [6.45, 7) is 4.18. The van der Waals surface area contributed by atoms with Crippen molar-refractivity contribution < 1.29 is 0 Å².